The van der Waals surface area contributed by atoms with Crippen molar-refractivity contribution < 1.29 is 24.5 Å². The summed E-state index contributed by atoms with van der Waals surface area (Å²) in [6, 6.07) is 9.57. The molecule has 1 amide bonds. The molecule has 4 atom stereocenters. The molecule has 0 bridgehead atoms. The molecular formula is C20H19Cl2NO5S. The van der Waals surface area contributed by atoms with Crippen LogP contribution in [0.2, 0.25) is 0 Å². The van der Waals surface area contributed by atoms with Crippen molar-refractivity contribution in [2.24, 2.45) is 5.92 Å². The van der Waals surface area contributed by atoms with Gasteiger partial charge in [0.25, 0.3) is 0 Å². The minimum absolute atomic E-state index is 0.0285. The van der Waals surface area contributed by atoms with Crippen LogP contribution in [0.5, 0.6) is 0 Å². The van der Waals surface area contributed by atoms with Crippen LogP contribution in [0.3, 0.4) is 0 Å². The van der Waals surface area contributed by atoms with Crippen LogP contribution in [0, 0.1) is 5.92 Å². The summed E-state index contributed by atoms with van der Waals surface area (Å²) in [6.45, 7) is 0. The van der Waals surface area contributed by atoms with Crippen molar-refractivity contribution in [3.05, 3.63) is 59.3 Å². The quantitative estimate of drug-likeness (QED) is 0.373. The first-order chi connectivity index (χ1) is 13.8. The van der Waals surface area contributed by atoms with Gasteiger partial charge >= 0.3 is 5.97 Å². The zero-order valence-corrected chi connectivity index (χ0v) is 17.5. The Morgan fingerprint density at radius 2 is 2.07 bits per heavy atom. The van der Waals surface area contributed by atoms with E-state index in [1.165, 1.54) is 16.7 Å². The molecule has 0 saturated carbocycles. The number of ether oxygens (including phenoxy) is 1. The molecule has 2 N–H and O–H groups in total. The number of nitrogens with zero attached hydrogens (tertiary/aromatic N) is 1. The smallest absolute Gasteiger partial charge is 0.352 e. The normalized spacial score (nSPS) is 28.9. The zero-order chi connectivity index (χ0) is 20.8. The Bertz CT molecular complexity index is 888. The molecule has 1 aromatic carbocycles. The van der Waals surface area contributed by atoms with Crippen LogP contribution >= 0.6 is 35.0 Å². The number of rotatable bonds is 7. The number of aliphatic carboxylic acids is 1. The van der Waals surface area contributed by atoms with Crippen LogP contribution in [0.15, 0.2) is 53.8 Å². The van der Waals surface area contributed by atoms with Gasteiger partial charge in [0.15, 0.2) is 0 Å². The number of amides is 1. The number of allylic oxidation sites excluding steroid dienone is 1. The van der Waals surface area contributed by atoms with Gasteiger partial charge in [-0.05, 0) is 30.1 Å². The van der Waals surface area contributed by atoms with Gasteiger partial charge in [0.1, 0.15) is 11.8 Å². The number of thioether (sulfide) groups is 1. The Balaban J connectivity index is 1.44. The Kier molecular flexibility index (Phi) is 5.70. The summed E-state index contributed by atoms with van der Waals surface area (Å²) in [5.74, 6) is -1.40. The summed E-state index contributed by atoms with van der Waals surface area (Å²) in [6.07, 6.45) is 2.80. The number of aliphatic hydroxyl groups is 1. The molecule has 9 heteroatoms. The number of carboxylic acids is 1. The van der Waals surface area contributed by atoms with Crippen LogP contribution in [0.1, 0.15) is 12.0 Å². The summed E-state index contributed by atoms with van der Waals surface area (Å²) in [5, 5.41) is 19.8. The van der Waals surface area contributed by atoms with Crippen molar-refractivity contribution in [1.82, 2.24) is 4.90 Å². The zero-order valence-electron chi connectivity index (χ0n) is 15.2. The second-order valence-corrected chi connectivity index (χ2v) is 9.66. The number of hydrogen-bond donors (Lipinski definition) is 2. The van der Waals surface area contributed by atoms with E-state index in [0.29, 0.717) is 24.2 Å². The average Bonchev–Trinajstić information content (AvgIpc) is 3.30. The van der Waals surface area contributed by atoms with Crippen LogP contribution in [-0.4, -0.2) is 54.8 Å². The second kappa shape index (κ2) is 7.96. The number of aliphatic hydroxyl groups excluding tert-OH is 1. The third-order valence-corrected chi connectivity index (χ3v) is 7.15. The van der Waals surface area contributed by atoms with Gasteiger partial charge in [0.2, 0.25) is 10.4 Å². The predicted molar refractivity (Wildman–Crippen MR) is 110 cm³/mol. The number of carbonyl (C=O) groups is 2. The highest BCUT2D eigenvalue weighted by atomic mass is 35.5. The molecule has 4 unspecified atom stereocenters. The lowest BCUT2D eigenvalue weighted by Gasteiger charge is -2.50. The monoisotopic (exact) mass is 455 g/mol. The van der Waals surface area contributed by atoms with Crippen molar-refractivity contribution in [3.63, 3.8) is 0 Å². The molecule has 0 spiro atoms. The third-order valence-electron chi connectivity index (χ3n) is 5.18. The Morgan fingerprint density at radius 1 is 1.38 bits per heavy atom. The molecular weight excluding hydrogens is 437 g/mol. The van der Waals surface area contributed by atoms with E-state index in [-0.39, 0.29) is 17.0 Å². The fourth-order valence-corrected chi connectivity index (χ4v) is 5.43. The standard InChI is InChI=1S/C20H19Cl2NO5S/c21-20(22)15(28-20)7-6-12-10-29-18-14(17(25)23(18)16(12)19(26)27)9-13(24)8-11-4-2-1-3-5-11/h1-7,13-15,18,24H,8-10H2,(H,26,27)/b7-6+. The third kappa shape index (κ3) is 4.20. The van der Waals surface area contributed by atoms with Crippen molar-refractivity contribution in [2.75, 3.05) is 5.75 Å². The molecule has 4 rings (SSSR count). The van der Waals surface area contributed by atoms with E-state index >= 15 is 0 Å². The highest BCUT2D eigenvalue weighted by Crippen LogP contribution is 2.48. The molecule has 2 saturated heterocycles. The maximum atomic E-state index is 12.7. The van der Waals surface area contributed by atoms with Crippen LogP contribution in [0.25, 0.3) is 0 Å². The molecule has 3 heterocycles. The number of benzene rings is 1. The lowest BCUT2D eigenvalue weighted by Crippen LogP contribution is -2.62. The minimum Gasteiger partial charge on any atom is -0.477 e. The average molecular weight is 456 g/mol. The molecule has 29 heavy (non-hydrogen) atoms. The Hall–Kier alpha value is -1.51. The molecule has 0 aromatic heterocycles. The second-order valence-electron chi connectivity index (χ2n) is 7.23. The fourth-order valence-electron chi connectivity index (χ4n) is 3.69. The van der Waals surface area contributed by atoms with E-state index in [4.69, 9.17) is 27.9 Å². The molecule has 0 aliphatic carbocycles. The van der Waals surface area contributed by atoms with Gasteiger partial charge in [0.05, 0.1) is 17.4 Å². The van der Waals surface area contributed by atoms with Gasteiger partial charge in [-0.25, -0.2) is 4.79 Å². The number of hydrogen-bond acceptors (Lipinski definition) is 5. The largest absolute Gasteiger partial charge is 0.477 e. The predicted octanol–water partition coefficient (Wildman–Crippen LogP) is 2.94. The Labute approximate surface area is 182 Å². The number of carboxylic acid groups (broad SMARTS) is 1. The first-order valence-corrected chi connectivity index (χ1v) is 11.0. The number of alkyl halides is 2. The summed E-state index contributed by atoms with van der Waals surface area (Å²) in [7, 11) is 0. The lowest BCUT2D eigenvalue weighted by molar-refractivity contribution is -0.153. The molecule has 0 radical (unpaired) electrons. The van der Waals surface area contributed by atoms with E-state index < -0.39 is 28.6 Å². The highest BCUT2D eigenvalue weighted by molar-refractivity contribution is 8.00. The summed E-state index contributed by atoms with van der Waals surface area (Å²) in [5.41, 5.74) is 1.48. The number of β-lactam (4-membered cyclic amide) rings is 1. The maximum Gasteiger partial charge on any atom is 0.352 e. The van der Waals surface area contributed by atoms with Crippen molar-refractivity contribution in [2.45, 2.75) is 34.9 Å². The molecule has 1 aromatic rings. The van der Waals surface area contributed by atoms with Crippen molar-refractivity contribution in [1.29, 1.82) is 0 Å². The molecule has 3 aliphatic rings. The van der Waals surface area contributed by atoms with Crippen molar-refractivity contribution >= 4 is 46.8 Å². The van der Waals surface area contributed by atoms with Gasteiger partial charge < -0.3 is 14.9 Å². The topological polar surface area (TPSA) is 90.4 Å². The van der Waals surface area contributed by atoms with Gasteiger partial charge in [-0.2, -0.15) is 0 Å². The molecule has 3 aliphatic heterocycles. The van der Waals surface area contributed by atoms with Crippen LogP contribution < -0.4 is 0 Å². The van der Waals surface area contributed by atoms with Gasteiger partial charge in [-0.15, -0.1) is 11.8 Å². The van der Waals surface area contributed by atoms with Gasteiger partial charge in [-0.1, -0.05) is 59.6 Å². The Morgan fingerprint density at radius 3 is 2.69 bits per heavy atom. The van der Waals surface area contributed by atoms with Gasteiger partial charge in [0, 0.05) is 5.75 Å². The van der Waals surface area contributed by atoms with Gasteiger partial charge in [-0.3, -0.25) is 9.69 Å². The van der Waals surface area contributed by atoms with Crippen molar-refractivity contribution in [3.8, 4) is 0 Å². The van der Waals surface area contributed by atoms with E-state index in [9.17, 15) is 19.8 Å². The number of epoxide rings is 1. The summed E-state index contributed by atoms with van der Waals surface area (Å²) >= 11 is 13.1. The molecule has 154 valence electrons. The molecule has 6 nitrogen and oxygen atoms in total. The van der Waals surface area contributed by atoms with Crippen LogP contribution in [-0.2, 0) is 20.7 Å². The SMILES string of the molecule is O=C(O)C1=C(/C=C/C2OC2(Cl)Cl)CSC2C(CC(O)Cc3ccccc3)C(=O)N12. The number of fused-ring (bicyclic) bond motifs is 1. The molecule has 2 fully saturated rings. The summed E-state index contributed by atoms with van der Waals surface area (Å²) < 4.78 is 3.78. The first kappa shape index (κ1) is 20.8. The lowest BCUT2D eigenvalue weighted by atomic mass is 9.88. The maximum absolute atomic E-state index is 12.7. The van der Waals surface area contributed by atoms with E-state index in [0.717, 1.165) is 5.56 Å². The van der Waals surface area contributed by atoms with E-state index in [1.54, 1.807) is 12.2 Å². The highest BCUT2D eigenvalue weighted by Gasteiger charge is 2.54. The van der Waals surface area contributed by atoms with E-state index in [2.05, 4.69) is 0 Å². The summed E-state index contributed by atoms with van der Waals surface area (Å²) in [4.78, 5) is 25.9. The first-order valence-electron chi connectivity index (χ1n) is 9.15. The van der Waals surface area contributed by atoms with E-state index in [1.807, 2.05) is 30.3 Å². The minimum atomic E-state index is -1.27. The van der Waals surface area contributed by atoms with Crippen LogP contribution in [0.4, 0.5) is 0 Å². The number of halogens is 2. The number of carbonyl (C=O) groups excluding carboxylic acids is 1. The fraction of sp³-hybridized carbons (Fsp3) is 0.400.